The summed E-state index contributed by atoms with van der Waals surface area (Å²) >= 11 is 0. The average Bonchev–Trinajstić information content (AvgIpc) is 2.94. The molecule has 138 valence electrons. The number of carbonyl (C=O) groups excluding carboxylic acids is 1. The largest absolute Gasteiger partial charge is 0.455 e. The van der Waals surface area contributed by atoms with E-state index in [-0.39, 0.29) is 23.5 Å². The van der Waals surface area contributed by atoms with Crippen LogP contribution in [0, 0.1) is 12.8 Å². The molecular weight excluding hydrogens is 352 g/mol. The Morgan fingerprint density at radius 3 is 2.73 bits per heavy atom. The summed E-state index contributed by atoms with van der Waals surface area (Å²) < 4.78 is 28.8. The Labute approximate surface area is 153 Å². The van der Waals surface area contributed by atoms with E-state index in [0.29, 0.717) is 30.2 Å². The van der Waals surface area contributed by atoms with E-state index in [4.69, 9.17) is 4.74 Å². The first-order chi connectivity index (χ1) is 12.4. The molecule has 0 spiro atoms. The van der Waals surface area contributed by atoms with Gasteiger partial charge >= 0.3 is 6.03 Å². The molecule has 0 aliphatic carbocycles. The molecule has 0 radical (unpaired) electrons. The number of para-hydroxylation sites is 2. The number of nitrogens with one attached hydrogen (secondary N) is 2. The quantitative estimate of drug-likeness (QED) is 0.841. The van der Waals surface area contributed by atoms with Crippen LogP contribution in [0.5, 0.6) is 11.5 Å². The third kappa shape index (κ3) is 4.98. The number of carbonyl (C=O) groups is 1. The molecule has 2 aromatic carbocycles. The molecule has 7 heteroatoms. The van der Waals surface area contributed by atoms with Gasteiger partial charge in [0.2, 0.25) is 0 Å². The maximum absolute atomic E-state index is 12.2. The van der Waals surface area contributed by atoms with E-state index < -0.39 is 9.84 Å². The fraction of sp³-hybridized carbons (Fsp3) is 0.316. The lowest BCUT2D eigenvalue weighted by atomic mass is 10.1. The summed E-state index contributed by atoms with van der Waals surface area (Å²) in [6.45, 7) is 2.32. The summed E-state index contributed by atoms with van der Waals surface area (Å²) in [4.78, 5) is 12.2. The highest BCUT2D eigenvalue weighted by molar-refractivity contribution is 7.91. The number of hydrogen-bond acceptors (Lipinski definition) is 4. The summed E-state index contributed by atoms with van der Waals surface area (Å²) in [5.41, 5.74) is 1.63. The maximum atomic E-state index is 12.2. The van der Waals surface area contributed by atoms with Gasteiger partial charge in [0.05, 0.1) is 17.2 Å². The van der Waals surface area contributed by atoms with Crippen LogP contribution in [0.2, 0.25) is 0 Å². The van der Waals surface area contributed by atoms with Crippen molar-refractivity contribution in [2.75, 3.05) is 23.4 Å². The zero-order valence-electron chi connectivity index (χ0n) is 14.6. The van der Waals surface area contributed by atoms with Gasteiger partial charge in [0, 0.05) is 6.54 Å². The van der Waals surface area contributed by atoms with Gasteiger partial charge in [0.25, 0.3) is 0 Å². The Kier molecular flexibility index (Phi) is 5.46. The smallest absolute Gasteiger partial charge is 0.319 e. The van der Waals surface area contributed by atoms with Gasteiger partial charge in [0.15, 0.2) is 15.6 Å². The van der Waals surface area contributed by atoms with E-state index in [1.807, 2.05) is 43.3 Å². The molecule has 3 rings (SSSR count). The zero-order valence-corrected chi connectivity index (χ0v) is 15.4. The molecule has 6 nitrogen and oxygen atoms in total. The number of sulfone groups is 1. The van der Waals surface area contributed by atoms with Crippen molar-refractivity contribution in [1.29, 1.82) is 0 Å². The molecule has 2 aromatic rings. The Hall–Kier alpha value is -2.54. The molecule has 0 aromatic heterocycles. The molecule has 1 atom stereocenters. The minimum atomic E-state index is -2.94. The highest BCUT2D eigenvalue weighted by Crippen LogP contribution is 2.29. The van der Waals surface area contributed by atoms with Gasteiger partial charge in [-0.3, -0.25) is 0 Å². The van der Waals surface area contributed by atoms with E-state index in [9.17, 15) is 13.2 Å². The lowest BCUT2D eigenvalue weighted by molar-refractivity contribution is 0.250. The van der Waals surface area contributed by atoms with Gasteiger partial charge in [-0.15, -0.1) is 0 Å². The molecule has 1 aliphatic heterocycles. The summed E-state index contributed by atoms with van der Waals surface area (Å²) in [7, 11) is -2.94. The SMILES string of the molecule is Cc1cccc(Oc2ccccc2NC(=O)NCC2CCS(=O)(=O)C2)c1. The normalized spacial score (nSPS) is 18.3. The van der Waals surface area contributed by atoms with Crippen LogP contribution in [-0.4, -0.2) is 32.5 Å². The van der Waals surface area contributed by atoms with Crippen molar-refractivity contribution in [2.45, 2.75) is 13.3 Å². The Balaban J connectivity index is 1.60. The number of benzene rings is 2. The van der Waals surface area contributed by atoms with Crippen LogP contribution < -0.4 is 15.4 Å². The third-order valence-electron chi connectivity index (χ3n) is 4.23. The average molecular weight is 374 g/mol. The number of aryl methyl sites for hydroxylation is 1. The minimum absolute atomic E-state index is 0.0236. The van der Waals surface area contributed by atoms with Crippen molar-refractivity contribution in [3.05, 3.63) is 54.1 Å². The zero-order chi connectivity index (χ0) is 18.6. The van der Waals surface area contributed by atoms with E-state index in [1.165, 1.54) is 0 Å². The molecule has 1 unspecified atom stereocenters. The second-order valence-electron chi connectivity index (χ2n) is 6.52. The Bertz CT molecular complexity index is 896. The molecule has 2 N–H and O–H groups in total. The summed E-state index contributed by atoms with van der Waals surface area (Å²) in [6, 6.07) is 14.4. The minimum Gasteiger partial charge on any atom is -0.455 e. The van der Waals surface area contributed by atoms with Gasteiger partial charge in [-0.1, -0.05) is 24.3 Å². The van der Waals surface area contributed by atoms with Crippen molar-refractivity contribution in [3.63, 3.8) is 0 Å². The van der Waals surface area contributed by atoms with Crippen LogP contribution in [0.15, 0.2) is 48.5 Å². The first kappa shape index (κ1) is 18.3. The predicted molar refractivity (Wildman–Crippen MR) is 101 cm³/mol. The molecule has 2 amide bonds. The fourth-order valence-corrected chi connectivity index (χ4v) is 4.76. The summed E-state index contributed by atoms with van der Waals surface area (Å²) in [5.74, 6) is 1.55. The van der Waals surface area contributed by atoms with Gasteiger partial charge in [-0.05, 0) is 49.1 Å². The van der Waals surface area contributed by atoms with E-state index in [2.05, 4.69) is 10.6 Å². The summed E-state index contributed by atoms with van der Waals surface area (Å²) in [5, 5.41) is 5.51. The predicted octanol–water partition coefficient (Wildman–Crippen LogP) is 3.34. The van der Waals surface area contributed by atoms with Crippen LogP contribution in [0.25, 0.3) is 0 Å². The maximum Gasteiger partial charge on any atom is 0.319 e. The number of hydrogen-bond donors (Lipinski definition) is 2. The monoisotopic (exact) mass is 374 g/mol. The van der Waals surface area contributed by atoms with Crippen molar-refractivity contribution in [3.8, 4) is 11.5 Å². The van der Waals surface area contributed by atoms with Crippen LogP contribution in [0.3, 0.4) is 0 Å². The van der Waals surface area contributed by atoms with Crippen molar-refractivity contribution in [2.24, 2.45) is 5.92 Å². The van der Waals surface area contributed by atoms with Crippen LogP contribution in [-0.2, 0) is 9.84 Å². The van der Waals surface area contributed by atoms with E-state index in [0.717, 1.165) is 5.56 Å². The number of ether oxygens (including phenoxy) is 1. The molecule has 1 fully saturated rings. The third-order valence-corrected chi connectivity index (χ3v) is 6.07. The molecule has 1 aliphatic rings. The standard InChI is InChI=1S/C19H22N2O4S/c1-14-5-4-6-16(11-14)25-18-8-3-2-7-17(18)21-19(22)20-12-15-9-10-26(23,24)13-15/h2-8,11,15H,9-10,12-13H2,1H3,(H2,20,21,22). The van der Waals surface area contributed by atoms with Crippen molar-refractivity contribution in [1.82, 2.24) is 5.32 Å². The molecule has 1 heterocycles. The molecule has 0 saturated carbocycles. The van der Waals surface area contributed by atoms with Crippen molar-refractivity contribution >= 4 is 21.6 Å². The highest BCUT2D eigenvalue weighted by Gasteiger charge is 2.27. The first-order valence-electron chi connectivity index (χ1n) is 8.50. The number of anilines is 1. The number of amides is 2. The first-order valence-corrected chi connectivity index (χ1v) is 10.3. The lowest BCUT2D eigenvalue weighted by Gasteiger charge is -2.14. The molecule has 0 bridgehead atoms. The topological polar surface area (TPSA) is 84.5 Å². The molecule has 26 heavy (non-hydrogen) atoms. The van der Waals surface area contributed by atoms with E-state index in [1.54, 1.807) is 12.1 Å². The van der Waals surface area contributed by atoms with Gasteiger partial charge in [-0.2, -0.15) is 0 Å². The summed E-state index contributed by atoms with van der Waals surface area (Å²) in [6.07, 6.45) is 0.593. The molecular formula is C19H22N2O4S. The molecule has 1 saturated heterocycles. The van der Waals surface area contributed by atoms with Crippen LogP contribution >= 0.6 is 0 Å². The van der Waals surface area contributed by atoms with E-state index >= 15 is 0 Å². The Morgan fingerprint density at radius 2 is 2.00 bits per heavy atom. The Morgan fingerprint density at radius 1 is 1.19 bits per heavy atom. The van der Waals surface area contributed by atoms with Gasteiger partial charge < -0.3 is 15.4 Å². The van der Waals surface area contributed by atoms with Crippen LogP contribution in [0.1, 0.15) is 12.0 Å². The van der Waals surface area contributed by atoms with Gasteiger partial charge in [-0.25, -0.2) is 13.2 Å². The second kappa shape index (κ2) is 7.78. The van der Waals surface area contributed by atoms with Crippen molar-refractivity contribution < 1.29 is 17.9 Å². The lowest BCUT2D eigenvalue weighted by Crippen LogP contribution is -2.33. The fourth-order valence-electron chi connectivity index (χ4n) is 2.90. The number of rotatable bonds is 5. The highest BCUT2D eigenvalue weighted by atomic mass is 32.2. The van der Waals surface area contributed by atoms with Gasteiger partial charge in [0.1, 0.15) is 5.75 Å². The second-order valence-corrected chi connectivity index (χ2v) is 8.75. The number of urea groups is 1. The van der Waals surface area contributed by atoms with Crippen LogP contribution in [0.4, 0.5) is 10.5 Å².